The molecule has 1 heterocycles. The third-order valence-electron chi connectivity index (χ3n) is 2.60. The molecule has 2 aromatic rings. The normalized spacial score (nSPS) is 12.2. The summed E-state index contributed by atoms with van der Waals surface area (Å²) in [4.78, 5) is 3.96. The molecule has 1 atom stereocenters. The van der Waals surface area contributed by atoms with E-state index in [1.54, 1.807) is 19.5 Å². The lowest BCUT2D eigenvalue weighted by Crippen LogP contribution is -2.11. The minimum Gasteiger partial charge on any atom is -0.495 e. The van der Waals surface area contributed by atoms with Gasteiger partial charge in [0.2, 0.25) is 0 Å². The van der Waals surface area contributed by atoms with Gasteiger partial charge in [-0.25, -0.2) is 0 Å². The number of aromatic nitrogens is 1. The number of halogens is 1. The third kappa shape index (κ3) is 2.57. The maximum Gasteiger partial charge on any atom is 0.137 e. The summed E-state index contributed by atoms with van der Waals surface area (Å²) in [7, 11) is 1.59. The molecule has 0 aliphatic rings. The van der Waals surface area contributed by atoms with E-state index in [0.717, 1.165) is 11.1 Å². The van der Waals surface area contributed by atoms with E-state index >= 15 is 0 Å². The first-order chi connectivity index (χ1) is 8.22. The number of rotatable bonds is 3. The van der Waals surface area contributed by atoms with Gasteiger partial charge in [-0.1, -0.05) is 17.7 Å². The van der Waals surface area contributed by atoms with Crippen molar-refractivity contribution in [2.24, 2.45) is 5.73 Å². The second-order valence-corrected chi connectivity index (χ2v) is 4.06. The highest BCUT2D eigenvalue weighted by Gasteiger charge is 2.10. The SMILES string of the molecule is COc1ccc(C(N)c2ccncc2)cc1Cl. The Morgan fingerprint density at radius 2 is 1.88 bits per heavy atom. The summed E-state index contributed by atoms with van der Waals surface area (Å²) < 4.78 is 5.10. The maximum atomic E-state index is 6.15. The first-order valence-electron chi connectivity index (χ1n) is 5.21. The first-order valence-corrected chi connectivity index (χ1v) is 5.59. The van der Waals surface area contributed by atoms with Crippen LogP contribution < -0.4 is 10.5 Å². The summed E-state index contributed by atoms with van der Waals surface area (Å²) in [5.41, 5.74) is 8.10. The fourth-order valence-electron chi connectivity index (χ4n) is 1.64. The van der Waals surface area contributed by atoms with Gasteiger partial charge in [-0.05, 0) is 35.4 Å². The van der Waals surface area contributed by atoms with E-state index in [0.29, 0.717) is 10.8 Å². The van der Waals surface area contributed by atoms with Gasteiger partial charge in [0.15, 0.2) is 0 Å². The molecule has 2 rings (SSSR count). The summed E-state index contributed by atoms with van der Waals surface area (Å²) in [5, 5.41) is 0.564. The highest BCUT2D eigenvalue weighted by atomic mass is 35.5. The van der Waals surface area contributed by atoms with Crippen molar-refractivity contribution >= 4 is 11.6 Å². The topological polar surface area (TPSA) is 48.1 Å². The first kappa shape index (κ1) is 11.9. The van der Waals surface area contributed by atoms with Crippen LogP contribution in [0.2, 0.25) is 5.02 Å². The molecule has 0 fully saturated rings. The molecule has 1 aromatic carbocycles. The van der Waals surface area contributed by atoms with E-state index in [1.165, 1.54) is 0 Å². The molecule has 0 saturated carbocycles. The number of hydrogen-bond donors (Lipinski definition) is 1. The maximum absolute atomic E-state index is 6.15. The lowest BCUT2D eigenvalue weighted by molar-refractivity contribution is 0.415. The van der Waals surface area contributed by atoms with Crippen LogP contribution in [0.4, 0.5) is 0 Å². The van der Waals surface area contributed by atoms with Gasteiger partial charge in [0, 0.05) is 12.4 Å². The molecule has 1 unspecified atom stereocenters. The zero-order chi connectivity index (χ0) is 12.3. The number of benzene rings is 1. The molecule has 3 nitrogen and oxygen atoms in total. The predicted octanol–water partition coefficient (Wildman–Crippen LogP) is 2.79. The Kier molecular flexibility index (Phi) is 3.61. The van der Waals surface area contributed by atoms with E-state index in [2.05, 4.69) is 4.98 Å². The van der Waals surface area contributed by atoms with Gasteiger partial charge < -0.3 is 10.5 Å². The van der Waals surface area contributed by atoms with Crippen LogP contribution in [0.3, 0.4) is 0 Å². The molecule has 0 spiro atoms. The second kappa shape index (κ2) is 5.17. The highest BCUT2D eigenvalue weighted by Crippen LogP contribution is 2.28. The van der Waals surface area contributed by atoms with Crippen molar-refractivity contribution in [2.75, 3.05) is 7.11 Å². The van der Waals surface area contributed by atoms with Crippen LogP contribution in [0.25, 0.3) is 0 Å². The van der Waals surface area contributed by atoms with E-state index < -0.39 is 0 Å². The number of ether oxygens (including phenoxy) is 1. The molecule has 1 aromatic heterocycles. The molecule has 88 valence electrons. The van der Waals surface area contributed by atoms with Crippen molar-refractivity contribution in [1.29, 1.82) is 0 Å². The van der Waals surface area contributed by atoms with E-state index in [9.17, 15) is 0 Å². The zero-order valence-electron chi connectivity index (χ0n) is 9.43. The van der Waals surface area contributed by atoms with E-state index in [1.807, 2.05) is 30.3 Å². The van der Waals surface area contributed by atoms with Crippen LogP contribution in [-0.2, 0) is 0 Å². The molecule has 0 aliphatic carbocycles. The molecule has 4 heteroatoms. The number of nitrogens with zero attached hydrogens (tertiary/aromatic N) is 1. The largest absolute Gasteiger partial charge is 0.495 e. The van der Waals surface area contributed by atoms with E-state index in [4.69, 9.17) is 22.1 Å². The lowest BCUT2D eigenvalue weighted by Gasteiger charge is -2.13. The Bertz CT molecular complexity index is 502. The summed E-state index contributed by atoms with van der Waals surface area (Å²) in [6.45, 7) is 0. The van der Waals surface area contributed by atoms with Crippen LogP contribution in [0.15, 0.2) is 42.7 Å². The monoisotopic (exact) mass is 248 g/mol. The average Bonchev–Trinajstić information content (AvgIpc) is 2.39. The zero-order valence-corrected chi connectivity index (χ0v) is 10.2. The number of nitrogens with two attached hydrogens (primary N) is 1. The van der Waals surface area contributed by atoms with Gasteiger partial charge in [-0.15, -0.1) is 0 Å². The molecule has 0 bridgehead atoms. The van der Waals surface area contributed by atoms with Crippen molar-refractivity contribution < 1.29 is 4.74 Å². The Balaban J connectivity index is 2.32. The van der Waals surface area contributed by atoms with Crippen molar-refractivity contribution in [3.05, 3.63) is 58.9 Å². The fourth-order valence-corrected chi connectivity index (χ4v) is 1.91. The van der Waals surface area contributed by atoms with Crippen molar-refractivity contribution in [3.8, 4) is 5.75 Å². The van der Waals surface area contributed by atoms with Crippen molar-refractivity contribution in [2.45, 2.75) is 6.04 Å². The smallest absolute Gasteiger partial charge is 0.137 e. The third-order valence-corrected chi connectivity index (χ3v) is 2.90. The lowest BCUT2D eigenvalue weighted by atomic mass is 10.0. The Morgan fingerprint density at radius 3 is 2.47 bits per heavy atom. The summed E-state index contributed by atoms with van der Waals surface area (Å²) in [6, 6.07) is 9.13. The molecular formula is C13H13ClN2O. The van der Waals surface area contributed by atoms with Gasteiger partial charge >= 0.3 is 0 Å². The van der Waals surface area contributed by atoms with Crippen LogP contribution >= 0.6 is 11.6 Å². The van der Waals surface area contributed by atoms with Gasteiger partial charge in [-0.3, -0.25) is 4.98 Å². The van der Waals surface area contributed by atoms with Crippen molar-refractivity contribution in [1.82, 2.24) is 4.98 Å². The molecular weight excluding hydrogens is 236 g/mol. The summed E-state index contributed by atoms with van der Waals surface area (Å²) in [5.74, 6) is 0.650. The average molecular weight is 249 g/mol. The molecule has 0 saturated heterocycles. The van der Waals surface area contributed by atoms with Crippen LogP contribution in [0.1, 0.15) is 17.2 Å². The molecule has 2 N–H and O–H groups in total. The molecule has 17 heavy (non-hydrogen) atoms. The van der Waals surface area contributed by atoms with Crippen LogP contribution in [0, 0.1) is 0 Å². The Morgan fingerprint density at radius 1 is 1.18 bits per heavy atom. The van der Waals surface area contributed by atoms with Crippen molar-refractivity contribution in [3.63, 3.8) is 0 Å². The fraction of sp³-hybridized carbons (Fsp3) is 0.154. The van der Waals surface area contributed by atoms with Gasteiger partial charge in [0.25, 0.3) is 0 Å². The highest BCUT2D eigenvalue weighted by molar-refractivity contribution is 6.32. The van der Waals surface area contributed by atoms with Crippen LogP contribution in [-0.4, -0.2) is 12.1 Å². The Labute approximate surface area is 105 Å². The predicted molar refractivity (Wildman–Crippen MR) is 68.3 cm³/mol. The Hall–Kier alpha value is -1.58. The number of pyridine rings is 1. The number of hydrogen-bond acceptors (Lipinski definition) is 3. The minimum absolute atomic E-state index is 0.207. The summed E-state index contributed by atoms with van der Waals surface area (Å²) >= 11 is 6.07. The van der Waals surface area contributed by atoms with Gasteiger partial charge in [-0.2, -0.15) is 0 Å². The van der Waals surface area contributed by atoms with Gasteiger partial charge in [0.05, 0.1) is 18.2 Å². The minimum atomic E-state index is -0.207. The quantitative estimate of drug-likeness (QED) is 0.909. The van der Waals surface area contributed by atoms with Crippen LogP contribution in [0.5, 0.6) is 5.75 Å². The molecule has 0 aliphatic heterocycles. The van der Waals surface area contributed by atoms with E-state index in [-0.39, 0.29) is 6.04 Å². The summed E-state index contributed by atoms with van der Waals surface area (Å²) in [6.07, 6.45) is 3.45. The molecule has 0 amide bonds. The standard InChI is InChI=1S/C13H13ClN2O/c1-17-12-3-2-10(8-11(12)14)13(15)9-4-6-16-7-5-9/h2-8,13H,15H2,1H3. The van der Waals surface area contributed by atoms with Gasteiger partial charge in [0.1, 0.15) is 5.75 Å². The second-order valence-electron chi connectivity index (χ2n) is 3.65. The molecule has 0 radical (unpaired) electrons. The number of methoxy groups -OCH3 is 1.